The Hall–Kier alpha value is -0.900. The summed E-state index contributed by atoms with van der Waals surface area (Å²) in [6.45, 7) is 0. The van der Waals surface area contributed by atoms with Gasteiger partial charge in [-0.05, 0) is 12.8 Å². The van der Waals surface area contributed by atoms with Crippen LogP contribution in [0.3, 0.4) is 0 Å². The second-order valence-corrected chi connectivity index (χ2v) is 4.52. The maximum atomic E-state index is 5.15. The minimum atomic E-state index is 0.578. The maximum absolute atomic E-state index is 5.15. The molecular formula is C11H17N3S. The van der Waals surface area contributed by atoms with Crippen molar-refractivity contribution in [2.75, 3.05) is 12.4 Å². The highest BCUT2D eigenvalue weighted by atomic mass is 32.1. The summed E-state index contributed by atoms with van der Waals surface area (Å²) in [5.74, 6) is 2.61. The van der Waals surface area contributed by atoms with Gasteiger partial charge in [-0.3, -0.25) is 0 Å². The molecule has 0 atom stereocenters. The van der Waals surface area contributed by atoms with Crippen LogP contribution in [0.15, 0.2) is 6.07 Å². The molecule has 0 saturated heterocycles. The average molecular weight is 223 g/mol. The maximum Gasteiger partial charge on any atom is 0.131 e. The van der Waals surface area contributed by atoms with Gasteiger partial charge in [0, 0.05) is 19.0 Å². The molecule has 0 aromatic carbocycles. The van der Waals surface area contributed by atoms with Crippen LogP contribution in [0.4, 0.5) is 5.82 Å². The number of anilines is 1. The summed E-state index contributed by atoms with van der Waals surface area (Å²) in [5.41, 5.74) is 0. The van der Waals surface area contributed by atoms with Gasteiger partial charge in [-0.15, -0.1) is 0 Å². The lowest BCUT2D eigenvalue weighted by Gasteiger charge is -2.21. The van der Waals surface area contributed by atoms with Crippen LogP contribution in [0.1, 0.15) is 43.8 Å². The molecule has 3 nitrogen and oxygen atoms in total. The highest BCUT2D eigenvalue weighted by Gasteiger charge is 2.17. The number of nitrogens with zero attached hydrogens (tertiary/aromatic N) is 1. The van der Waals surface area contributed by atoms with E-state index < -0.39 is 0 Å². The van der Waals surface area contributed by atoms with Crippen molar-refractivity contribution in [2.24, 2.45) is 0 Å². The second kappa shape index (κ2) is 4.75. The van der Waals surface area contributed by atoms with Gasteiger partial charge in [0.05, 0.1) is 0 Å². The van der Waals surface area contributed by atoms with Crippen molar-refractivity contribution in [1.29, 1.82) is 0 Å². The fourth-order valence-electron chi connectivity index (χ4n) is 2.18. The molecule has 4 heteroatoms. The molecule has 0 amide bonds. The third-order valence-electron chi connectivity index (χ3n) is 3.02. The third-order valence-corrected chi connectivity index (χ3v) is 3.23. The van der Waals surface area contributed by atoms with E-state index in [0.29, 0.717) is 10.6 Å². The zero-order valence-electron chi connectivity index (χ0n) is 9.05. The van der Waals surface area contributed by atoms with Crippen LogP contribution < -0.4 is 5.32 Å². The lowest BCUT2D eigenvalue weighted by molar-refractivity contribution is 0.428. The van der Waals surface area contributed by atoms with Crippen LogP contribution in [0.2, 0.25) is 0 Å². The first-order valence-electron chi connectivity index (χ1n) is 5.58. The number of H-pyrrole nitrogens is 1. The van der Waals surface area contributed by atoms with Gasteiger partial charge in [0.25, 0.3) is 0 Å². The molecule has 1 aliphatic carbocycles. The van der Waals surface area contributed by atoms with Gasteiger partial charge in [-0.2, -0.15) is 0 Å². The van der Waals surface area contributed by atoms with Gasteiger partial charge in [-0.1, -0.05) is 31.5 Å². The fraction of sp³-hybridized carbons (Fsp3) is 0.636. The fourth-order valence-corrected chi connectivity index (χ4v) is 2.40. The molecule has 0 unspecified atom stereocenters. The summed E-state index contributed by atoms with van der Waals surface area (Å²) in [5, 5.41) is 3.09. The Bertz CT molecular complexity index is 380. The van der Waals surface area contributed by atoms with Gasteiger partial charge in [0.2, 0.25) is 0 Å². The van der Waals surface area contributed by atoms with E-state index in [0.717, 1.165) is 11.6 Å². The van der Waals surface area contributed by atoms with Gasteiger partial charge >= 0.3 is 0 Å². The monoisotopic (exact) mass is 223 g/mol. The lowest BCUT2D eigenvalue weighted by Crippen LogP contribution is -2.10. The summed E-state index contributed by atoms with van der Waals surface area (Å²) < 4.78 is 0.679. The molecular weight excluding hydrogens is 206 g/mol. The van der Waals surface area contributed by atoms with E-state index in [4.69, 9.17) is 12.2 Å². The van der Waals surface area contributed by atoms with Crippen molar-refractivity contribution in [3.05, 3.63) is 16.5 Å². The first kappa shape index (κ1) is 10.6. The highest BCUT2D eigenvalue weighted by molar-refractivity contribution is 7.71. The van der Waals surface area contributed by atoms with Crippen LogP contribution in [-0.4, -0.2) is 17.0 Å². The number of rotatable bonds is 2. The molecule has 1 aromatic rings. The molecule has 0 spiro atoms. The third kappa shape index (κ3) is 2.56. The SMILES string of the molecule is CNc1cc(=S)nc(C2CCCCC2)[nH]1. The lowest BCUT2D eigenvalue weighted by atomic mass is 9.89. The molecule has 0 bridgehead atoms. The Morgan fingerprint density at radius 3 is 2.80 bits per heavy atom. The normalized spacial score (nSPS) is 17.7. The predicted molar refractivity (Wildman–Crippen MR) is 64.8 cm³/mol. The van der Waals surface area contributed by atoms with Crippen molar-refractivity contribution in [3.8, 4) is 0 Å². The number of nitrogens with one attached hydrogen (secondary N) is 2. The van der Waals surface area contributed by atoms with Crippen molar-refractivity contribution in [1.82, 2.24) is 9.97 Å². The minimum absolute atomic E-state index is 0.578. The minimum Gasteiger partial charge on any atom is -0.375 e. The van der Waals surface area contributed by atoms with Crippen molar-refractivity contribution >= 4 is 18.0 Å². The summed E-state index contributed by atoms with van der Waals surface area (Å²) in [7, 11) is 1.89. The smallest absolute Gasteiger partial charge is 0.131 e. The van der Waals surface area contributed by atoms with E-state index in [-0.39, 0.29) is 0 Å². The first-order chi connectivity index (χ1) is 7.29. The topological polar surface area (TPSA) is 40.7 Å². The summed E-state index contributed by atoms with van der Waals surface area (Å²) in [4.78, 5) is 7.74. The molecule has 2 N–H and O–H groups in total. The van der Waals surface area contributed by atoms with Crippen molar-refractivity contribution < 1.29 is 0 Å². The van der Waals surface area contributed by atoms with Crippen molar-refractivity contribution in [3.63, 3.8) is 0 Å². The van der Waals surface area contributed by atoms with Crippen LogP contribution in [0, 0.1) is 4.64 Å². The number of hydrogen-bond acceptors (Lipinski definition) is 3. The van der Waals surface area contributed by atoms with Crippen molar-refractivity contribution in [2.45, 2.75) is 38.0 Å². The van der Waals surface area contributed by atoms with E-state index in [2.05, 4.69) is 15.3 Å². The average Bonchev–Trinajstić information content (AvgIpc) is 2.29. The van der Waals surface area contributed by atoms with E-state index in [9.17, 15) is 0 Å². The van der Waals surface area contributed by atoms with Gasteiger partial charge in [0.1, 0.15) is 16.3 Å². The molecule has 15 heavy (non-hydrogen) atoms. The first-order valence-corrected chi connectivity index (χ1v) is 5.99. The summed E-state index contributed by atoms with van der Waals surface area (Å²) in [6.07, 6.45) is 6.48. The van der Waals surface area contributed by atoms with Gasteiger partial charge < -0.3 is 10.3 Å². The Kier molecular flexibility index (Phi) is 3.36. The summed E-state index contributed by atoms with van der Waals surface area (Å²) >= 11 is 5.15. The van der Waals surface area contributed by atoms with E-state index >= 15 is 0 Å². The molecule has 1 fully saturated rings. The molecule has 1 heterocycles. The van der Waals surface area contributed by atoms with Crippen LogP contribution >= 0.6 is 12.2 Å². The van der Waals surface area contributed by atoms with Crippen LogP contribution in [0.5, 0.6) is 0 Å². The molecule has 0 radical (unpaired) electrons. The van der Waals surface area contributed by atoms with E-state index in [1.807, 2.05) is 13.1 Å². The molecule has 1 aromatic heterocycles. The molecule has 0 aliphatic heterocycles. The highest BCUT2D eigenvalue weighted by Crippen LogP contribution is 2.30. The molecule has 1 aliphatic rings. The Labute approximate surface area is 95.3 Å². The van der Waals surface area contributed by atoms with Gasteiger partial charge in [-0.25, -0.2) is 4.98 Å². The Morgan fingerprint density at radius 1 is 1.40 bits per heavy atom. The number of aromatic amines is 1. The zero-order chi connectivity index (χ0) is 10.7. The zero-order valence-corrected chi connectivity index (χ0v) is 9.86. The quantitative estimate of drug-likeness (QED) is 0.756. The van der Waals surface area contributed by atoms with E-state index in [1.165, 1.54) is 32.1 Å². The number of aromatic nitrogens is 2. The van der Waals surface area contributed by atoms with Crippen LogP contribution in [-0.2, 0) is 0 Å². The predicted octanol–water partition coefficient (Wildman–Crippen LogP) is 3.23. The van der Waals surface area contributed by atoms with Crippen LogP contribution in [0.25, 0.3) is 0 Å². The molecule has 82 valence electrons. The second-order valence-electron chi connectivity index (χ2n) is 4.10. The Morgan fingerprint density at radius 2 is 2.13 bits per heavy atom. The van der Waals surface area contributed by atoms with E-state index in [1.54, 1.807) is 0 Å². The molecule has 1 saturated carbocycles. The largest absolute Gasteiger partial charge is 0.375 e. The summed E-state index contributed by atoms with van der Waals surface area (Å²) in [6, 6.07) is 1.86. The molecule has 2 rings (SSSR count). The number of hydrogen-bond donors (Lipinski definition) is 2. The standard InChI is InChI=1S/C11H17N3S/c1-12-9-7-10(15)14-11(13-9)8-5-3-2-4-6-8/h7-8H,2-6H2,1H3,(H2,12,13,14,15). The Balaban J connectivity index is 2.26. The van der Waals surface area contributed by atoms with Gasteiger partial charge in [0.15, 0.2) is 0 Å².